The molecule has 0 aliphatic carbocycles. The summed E-state index contributed by atoms with van der Waals surface area (Å²) in [6.07, 6.45) is 0. The lowest BCUT2D eigenvalue weighted by molar-refractivity contribution is -0.861. The number of hydrogen-bond donors (Lipinski definition) is 0. The van der Waals surface area contributed by atoms with Crippen molar-refractivity contribution in [3.8, 4) is 0 Å². The van der Waals surface area contributed by atoms with Gasteiger partial charge in [0.2, 0.25) is 5.12 Å². The molecule has 0 rings (SSSR count). The van der Waals surface area contributed by atoms with Crippen LogP contribution in [-0.4, -0.2) is 50.3 Å². The van der Waals surface area contributed by atoms with Crippen LogP contribution in [0.15, 0.2) is 0 Å². The third-order valence-corrected chi connectivity index (χ3v) is 1.75. The van der Waals surface area contributed by atoms with Crippen molar-refractivity contribution in [2.45, 2.75) is 0 Å². The molecule has 3 nitrogen and oxygen atoms in total. The monoisotopic (exact) mass is 178 g/mol. The summed E-state index contributed by atoms with van der Waals surface area (Å²) in [4.78, 5) is 11.1. The first-order chi connectivity index (χ1) is 4.95. The van der Waals surface area contributed by atoms with Gasteiger partial charge in [-0.15, -0.1) is 0 Å². The Hall–Kier alpha value is -0.0600. The minimum absolute atomic E-state index is 0.180. The lowest BCUT2D eigenvalue weighted by Crippen LogP contribution is -2.38. The molecule has 0 aliphatic heterocycles. The molecular formula is C7H16NO2S+. The molecule has 0 saturated heterocycles. The van der Waals surface area contributed by atoms with Gasteiger partial charge in [-0.2, -0.15) is 0 Å². The summed E-state index contributed by atoms with van der Waals surface area (Å²) < 4.78 is 5.44. The van der Waals surface area contributed by atoms with Gasteiger partial charge in [0, 0.05) is 7.11 Å². The number of rotatable bonds is 4. The maximum atomic E-state index is 11.1. The van der Waals surface area contributed by atoms with E-state index in [1.165, 1.54) is 11.8 Å². The number of thioether (sulfide) groups is 1. The van der Waals surface area contributed by atoms with Crippen LogP contribution in [0.4, 0.5) is 0 Å². The van der Waals surface area contributed by atoms with Crippen LogP contribution >= 0.6 is 11.8 Å². The number of ether oxygens (including phenoxy) is 1. The van der Waals surface area contributed by atoms with Crippen molar-refractivity contribution in [2.75, 3.05) is 40.7 Å². The molecule has 66 valence electrons. The molecule has 0 spiro atoms. The highest BCUT2D eigenvalue weighted by Gasteiger charge is 2.13. The summed E-state index contributed by atoms with van der Waals surface area (Å²) in [6, 6.07) is 0. The second-order valence-electron chi connectivity index (χ2n) is 3.37. The number of quaternary nitrogens is 1. The number of carbonyl (C=O) groups is 1. The topological polar surface area (TPSA) is 26.3 Å². The highest BCUT2D eigenvalue weighted by atomic mass is 32.2. The maximum absolute atomic E-state index is 11.1. The van der Waals surface area contributed by atoms with Gasteiger partial charge in [-0.05, 0) is 0 Å². The first kappa shape index (κ1) is 10.9. The largest absolute Gasteiger partial charge is 0.374 e. The highest BCUT2D eigenvalue weighted by Crippen LogP contribution is 2.04. The van der Waals surface area contributed by atoms with Crippen molar-refractivity contribution >= 4 is 16.9 Å². The van der Waals surface area contributed by atoms with Gasteiger partial charge in [0.25, 0.3) is 0 Å². The average Bonchev–Trinajstić information content (AvgIpc) is 1.79. The van der Waals surface area contributed by atoms with E-state index < -0.39 is 0 Å². The van der Waals surface area contributed by atoms with Gasteiger partial charge in [-0.1, -0.05) is 11.8 Å². The van der Waals surface area contributed by atoms with Crippen LogP contribution in [0.3, 0.4) is 0 Å². The van der Waals surface area contributed by atoms with Crippen LogP contribution in [0.2, 0.25) is 0 Å². The molecule has 0 aliphatic rings. The summed E-state index contributed by atoms with van der Waals surface area (Å²) in [6.45, 7) is 0.550. The summed E-state index contributed by atoms with van der Waals surface area (Å²) in [7, 11) is 7.56. The predicted molar refractivity (Wildman–Crippen MR) is 47.4 cm³/mol. The molecular weight excluding hydrogens is 162 g/mol. The predicted octanol–water partition coefficient (Wildman–Crippen LogP) is 0.556. The molecule has 0 aromatic rings. The van der Waals surface area contributed by atoms with E-state index in [-0.39, 0.29) is 5.12 Å². The summed E-state index contributed by atoms with van der Waals surface area (Å²) in [5.41, 5.74) is 0. The van der Waals surface area contributed by atoms with Gasteiger partial charge < -0.3 is 9.22 Å². The fourth-order valence-electron chi connectivity index (χ4n) is 0.558. The molecule has 0 N–H and O–H groups in total. The molecule has 0 bridgehead atoms. The first-order valence-corrected chi connectivity index (χ1v) is 4.39. The molecule has 0 amide bonds. The Morgan fingerprint density at radius 3 is 2.36 bits per heavy atom. The summed E-state index contributed by atoms with van der Waals surface area (Å²) in [5.74, 6) is 0.457. The van der Waals surface area contributed by atoms with Gasteiger partial charge in [0.05, 0.1) is 27.1 Å². The van der Waals surface area contributed by atoms with E-state index in [9.17, 15) is 4.79 Å². The molecule has 0 atom stereocenters. The number of carbonyl (C=O) groups excluding carboxylic acids is 1. The molecule has 0 unspecified atom stereocenters. The summed E-state index contributed by atoms with van der Waals surface area (Å²) in [5, 5.41) is 0.180. The molecule has 0 radical (unpaired) electrons. The van der Waals surface area contributed by atoms with Gasteiger partial charge in [-0.25, -0.2) is 0 Å². The molecule has 0 aromatic heterocycles. The molecule has 0 heterocycles. The minimum Gasteiger partial charge on any atom is -0.374 e. The number of hydrogen-bond acceptors (Lipinski definition) is 3. The van der Waals surface area contributed by atoms with E-state index in [0.29, 0.717) is 17.0 Å². The number of nitrogens with zero attached hydrogens (tertiary/aromatic N) is 1. The fourth-order valence-corrected chi connectivity index (χ4v) is 1.29. The second-order valence-corrected chi connectivity index (χ2v) is 4.35. The minimum atomic E-state index is 0.180. The van der Waals surface area contributed by atoms with Gasteiger partial charge in [0.1, 0.15) is 6.54 Å². The van der Waals surface area contributed by atoms with Crippen LogP contribution in [0.25, 0.3) is 0 Å². The Labute approximate surface area is 72.3 Å². The standard InChI is InChI=1S/C7H16NO2S/c1-8(2,3)5-7(9)11-6-10-4/h5-6H2,1-4H3/q+1. The van der Waals surface area contributed by atoms with Crippen molar-refractivity contribution in [1.82, 2.24) is 0 Å². The van der Waals surface area contributed by atoms with E-state index in [2.05, 4.69) is 0 Å². The molecule has 0 aromatic carbocycles. The van der Waals surface area contributed by atoms with Crippen LogP contribution in [0, 0.1) is 0 Å². The fraction of sp³-hybridized carbons (Fsp3) is 0.857. The first-order valence-electron chi connectivity index (χ1n) is 3.41. The second kappa shape index (κ2) is 4.74. The van der Waals surface area contributed by atoms with Crippen molar-refractivity contribution < 1.29 is 14.0 Å². The van der Waals surface area contributed by atoms with Crippen molar-refractivity contribution in [1.29, 1.82) is 0 Å². The molecule has 11 heavy (non-hydrogen) atoms. The van der Waals surface area contributed by atoms with Crippen LogP contribution in [-0.2, 0) is 9.53 Å². The van der Waals surface area contributed by atoms with Gasteiger partial charge >= 0.3 is 0 Å². The number of likely N-dealkylation sites (N-methyl/N-ethyl adjacent to an activating group) is 1. The Kier molecular flexibility index (Phi) is 4.72. The zero-order valence-corrected chi connectivity index (χ0v) is 8.40. The van der Waals surface area contributed by atoms with Crippen LogP contribution < -0.4 is 0 Å². The van der Waals surface area contributed by atoms with E-state index in [1.807, 2.05) is 21.1 Å². The quantitative estimate of drug-likeness (QED) is 0.465. The normalized spacial score (nSPS) is 11.6. The maximum Gasteiger partial charge on any atom is 0.245 e. The number of methoxy groups -OCH3 is 1. The van der Waals surface area contributed by atoms with Crippen LogP contribution in [0.1, 0.15) is 0 Å². The third-order valence-electron chi connectivity index (χ3n) is 0.941. The summed E-state index contributed by atoms with van der Waals surface area (Å²) >= 11 is 1.23. The average molecular weight is 178 g/mol. The SMILES string of the molecule is COCSC(=O)C[N+](C)(C)C. The lowest BCUT2D eigenvalue weighted by atomic mass is 10.5. The van der Waals surface area contributed by atoms with Crippen molar-refractivity contribution in [3.63, 3.8) is 0 Å². The highest BCUT2D eigenvalue weighted by molar-refractivity contribution is 8.13. The Balaban J connectivity index is 3.53. The van der Waals surface area contributed by atoms with E-state index in [1.54, 1.807) is 7.11 Å². The van der Waals surface area contributed by atoms with Crippen molar-refractivity contribution in [3.05, 3.63) is 0 Å². The Morgan fingerprint density at radius 1 is 1.45 bits per heavy atom. The zero-order chi connectivity index (χ0) is 8.91. The Morgan fingerprint density at radius 2 is 2.00 bits per heavy atom. The van der Waals surface area contributed by atoms with Crippen molar-refractivity contribution in [2.24, 2.45) is 0 Å². The zero-order valence-electron chi connectivity index (χ0n) is 7.59. The lowest BCUT2D eigenvalue weighted by Gasteiger charge is -2.22. The smallest absolute Gasteiger partial charge is 0.245 e. The van der Waals surface area contributed by atoms with Gasteiger partial charge in [-0.3, -0.25) is 4.79 Å². The van der Waals surface area contributed by atoms with E-state index in [4.69, 9.17) is 4.74 Å². The Bertz CT molecular complexity index is 131. The van der Waals surface area contributed by atoms with Gasteiger partial charge in [0.15, 0.2) is 0 Å². The molecule has 4 heteroatoms. The molecule has 0 fully saturated rings. The van der Waals surface area contributed by atoms with E-state index in [0.717, 1.165) is 0 Å². The third kappa shape index (κ3) is 7.84. The molecule has 0 saturated carbocycles. The van der Waals surface area contributed by atoms with Crippen LogP contribution in [0.5, 0.6) is 0 Å². The van der Waals surface area contributed by atoms with E-state index >= 15 is 0 Å².